The van der Waals surface area contributed by atoms with E-state index in [1.54, 1.807) is 24.3 Å². The molecule has 0 spiro atoms. The van der Waals surface area contributed by atoms with Gasteiger partial charge in [0, 0.05) is 19.0 Å². The normalized spacial score (nSPS) is 14.8. The summed E-state index contributed by atoms with van der Waals surface area (Å²) >= 11 is 0. The zero-order valence-electron chi connectivity index (χ0n) is 15.3. The molecule has 0 bridgehead atoms. The van der Waals surface area contributed by atoms with E-state index in [0.29, 0.717) is 42.8 Å². The Labute approximate surface area is 160 Å². The van der Waals surface area contributed by atoms with Crippen molar-refractivity contribution in [3.05, 3.63) is 42.0 Å². The second-order valence-electron chi connectivity index (χ2n) is 6.51. The lowest BCUT2D eigenvalue weighted by Gasteiger charge is -2.31. The van der Waals surface area contributed by atoms with Gasteiger partial charge in [-0.25, -0.2) is 4.79 Å². The average molecular weight is 381 g/mol. The zero-order valence-corrected chi connectivity index (χ0v) is 15.3. The van der Waals surface area contributed by atoms with Crippen molar-refractivity contribution in [2.75, 3.05) is 30.4 Å². The topological polar surface area (TPSA) is 115 Å². The summed E-state index contributed by atoms with van der Waals surface area (Å²) < 4.78 is 6.16. The molecule has 1 aromatic carbocycles. The number of methoxy groups -OCH3 is 1. The molecule has 0 radical (unpaired) electrons. The first-order chi connectivity index (χ1) is 13.7. The summed E-state index contributed by atoms with van der Waals surface area (Å²) in [6.45, 7) is 1.38. The monoisotopic (exact) mass is 381 g/mol. The van der Waals surface area contributed by atoms with Crippen molar-refractivity contribution in [3.8, 4) is 0 Å². The first-order valence-electron chi connectivity index (χ1n) is 8.94. The molecule has 1 N–H and O–H groups in total. The summed E-state index contributed by atoms with van der Waals surface area (Å²) in [7, 11) is 1.32. The number of esters is 1. The number of rotatable bonds is 4. The van der Waals surface area contributed by atoms with Crippen LogP contribution in [0.5, 0.6) is 0 Å². The smallest absolute Gasteiger partial charge is 0.339 e. The Bertz CT molecular complexity index is 1010. The van der Waals surface area contributed by atoms with E-state index in [-0.39, 0.29) is 11.8 Å². The van der Waals surface area contributed by atoms with E-state index < -0.39 is 5.97 Å². The maximum absolute atomic E-state index is 12.7. The van der Waals surface area contributed by atoms with Gasteiger partial charge in [0.1, 0.15) is 0 Å². The lowest BCUT2D eigenvalue weighted by atomic mass is 9.95. The fourth-order valence-electron chi connectivity index (χ4n) is 3.29. The van der Waals surface area contributed by atoms with E-state index in [0.717, 1.165) is 5.82 Å². The molecule has 1 amide bonds. The average Bonchev–Trinajstić information content (AvgIpc) is 3.21. The molecule has 0 unspecified atom stereocenters. The molecule has 0 saturated carbocycles. The van der Waals surface area contributed by atoms with E-state index >= 15 is 0 Å². The van der Waals surface area contributed by atoms with Crippen molar-refractivity contribution in [1.29, 1.82) is 0 Å². The Morgan fingerprint density at radius 1 is 1.14 bits per heavy atom. The van der Waals surface area contributed by atoms with Crippen LogP contribution >= 0.6 is 0 Å². The van der Waals surface area contributed by atoms with Crippen LogP contribution in [0.3, 0.4) is 0 Å². The highest BCUT2D eigenvalue weighted by molar-refractivity contribution is 6.01. The molecule has 2 aromatic heterocycles. The highest BCUT2D eigenvalue weighted by Crippen LogP contribution is 2.24. The van der Waals surface area contributed by atoms with Crippen LogP contribution in [0, 0.1) is 5.92 Å². The largest absolute Gasteiger partial charge is 0.465 e. The molecule has 0 atom stereocenters. The predicted molar refractivity (Wildman–Crippen MR) is 99.9 cm³/mol. The van der Waals surface area contributed by atoms with Gasteiger partial charge in [-0.1, -0.05) is 12.1 Å². The minimum Gasteiger partial charge on any atom is -0.465 e. The van der Waals surface area contributed by atoms with E-state index in [2.05, 4.69) is 30.8 Å². The molecule has 1 aliphatic rings. The number of carbonyl (C=O) groups excluding carboxylic acids is 2. The first kappa shape index (κ1) is 17.8. The minimum atomic E-state index is -0.477. The summed E-state index contributed by atoms with van der Waals surface area (Å²) in [5.74, 6) is 0.0584. The van der Waals surface area contributed by atoms with Gasteiger partial charge < -0.3 is 15.0 Å². The van der Waals surface area contributed by atoms with Gasteiger partial charge in [-0.05, 0) is 47.5 Å². The van der Waals surface area contributed by atoms with E-state index in [1.165, 1.54) is 11.7 Å². The van der Waals surface area contributed by atoms with Crippen molar-refractivity contribution >= 4 is 29.0 Å². The summed E-state index contributed by atoms with van der Waals surface area (Å²) in [6.07, 6.45) is 1.36. The predicted octanol–water partition coefficient (Wildman–Crippen LogP) is 1.16. The maximum atomic E-state index is 12.7. The summed E-state index contributed by atoms with van der Waals surface area (Å²) in [5, 5.41) is 18.5. The second kappa shape index (κ2) is 7.59. The third-order valence-corrected chi connectivity index (χ3v) is 4.84. The van der Waals surface area contributed by atoms with Gasteiger partial charge in [-0.15, -0.1) is 14.8 Å². The number of anilines is 2. The highest BCUT2D eigenvalue weighted by atomic mass is 16.5. The highest BCUT2D eigenvalue weighted by Gasteiger charge is 2.27. The number of amides is 1. The van der Waals surface area contributed by atoms with Crippen LogP contribution < -0.4 is 10.2 Å². The minimum absolute atomic E-state index is 0.0973. The number of hydrogen-bond acceptors (Lipinski definition) is 8. The quantitative estimate of drug-likeness (QED) is 0.670. The molecule has 28 heavy (non-hydrogen) atoms. The SMILES string of the molecule is COC(=O)c1ccccc1NC(=O)C1CCN(c2ccc3nnnn3n2)CC1. The molecule has 3 heterocycles. The Kier molecular flexibility index (Phi) is 4.83. The maximum Gasteiger partial charge on any atom is 0.339 e. The molecule has 0 aliphatic carbocycles. The van der Waals surface area contributed by atoms with Crippen LogP contribution in [0.1, 0.15) is 23.2 Å². The molecule has 1 saturated heterocycles. The number of piperidine rings is 1. The van der Waals surface area contributed by atoms with Gasteiger partial charge in [-0.3, -0.25) is 4.79 Å². The molecule has 10 nitrogen and oxygen atoms in total. The third-order valence-electron chi connectivity index (χ3n) is 4.84. The molecule has 144 valence electrons. The third kappa shape index (κ3) is 3.48. The molecule has 3 aromatic rings. The lowest BCUT2D eigenvalue weighted by Crippen LogP contribution is -2.39. The Morgan fingerprint density at radius 2 is 1.93 bits per heavy atom. The molecular weight excluding hydrogens is 362 g/mol. The van der Waals surface area contributed by atoms with Crippen LogP contribution in [0.4, 0.5) is 11.5 Å². The fraction of sp³-hybridized carbons (Fsp3) is 0.333. The van der Waals surface area contributed by atoms with Crippen molar-refractivity contribution in [2.45, 2.75) is 12.8 Å². The first-order valence-corrected chi connectivity index (χ1v) is 8.94. The Morgan fingerprint density at radius 3 is 2.71 bits per heavy atom. The Balaban J connectivity index is 1.40. The second-order valence-corrected chi connectivity index (χ2v) is 6.51. The number of nitrogens with zero attached hydrogens (tertiary/aromatic N) is 6. The van der Waals surface area contributed by atoms with Gasteiger partial charge in [0.05, 0.1) is 18.4 Å². The van der Waals surface area contributed by atoms with Gasteiger partial charge in [0.25, 0.3) is 0 Å². The van der Waals surface area contributed by atoms with Gasteiger partial charge in [0.2, 0.25) is 5.91 Å². The number of ether oxygens (including phenoxy) is 1. The number of benzene rings is 1. The van der Waals surface area contributed by atoms with E-state index in [9.17, 15) is 9.59 Å². The van der Waals surface area contributed by atoms with Crippen molar-refractivity contribution < 1.29 is 14.3 Å². The van der Waals surface area contributed by atoms with Crippen molar-refractivity contribution in [3.63, 3.8) is 0 Å². The summed E-state index contributed by atoms with van der Waals surface area (Å²) in [4.78, 5) is 26.7. The number of aromatic nitrogens is 5. The molecule has 4 rings (SSSR count). The number of hydrogen-bond donors (Lipinski definition) is 1. The standard InChI is InChI=1S/C18H19N7O3/c1-28-18(27)13-4-2-3-5-14(13)19-17(26)12-8-10-24(11-9-12)16-7-6-15-20-22-23-25(15)21-16/h2-7,12H,8-11H2,1H3,(H,19,26). The number of carbonyl (C=O) groups is 2. The summed E-state index contributed by atoms with van der Waals surface area (Å²) in [5.41, 5.74) is 1.39. The fourth-order valence-corrected chi connectivity index (χ4v) is 3.29. The van der Waals surface area contributed by atoms with Gasteiger partial charge in [0.15, 0.2) is 11.5 Å². The molecule has 1 aliphatic heterocycles. The van der Waals surface area contributed by atoms with Crippen molar-refractivity contribution in [2.24, 2.45) is 5.92 Å². The van der Waals surface area contributed by atoms with Crippen LogP contribution in [-0.4, -0.2) is 57.3 Å². The Hall–Kier alpha value is -3.56. The number of fused-ring (bicyclic) bond motifs is 1. The summed E-state index contributed by atoms with van der Waals surface area (Å²) in [6, 6.07) is 10.5. The molecule has 10 heteroatoms. The lowest BCUT2D eigenvalue weighted by molar-refractivity contribution is -0.120. The van der Waals surface area contributed by atoms with Crippen LogP contribution in [0.15, 0.2) is 36.4 Å². The van der Waals surface area contributed by atoms with Crippen LogP contribution in [-0.2, 0) is 9.53 Å². The number of tetrazole rings is 1. The van der Waals surface area contributed by atoms with E-state index in [4.69, 9.17) is 4.74 Å². The van der Waals surface area contributed by atoms with Gasteiger partial charge >= 0.3 is 5.97 Å². The number of para-hydroxylation sites is 1. The molecule has 1 fully saturated rings. The van der Waals surface area contributed by atoms with E-state index in [1.807, 2.05) is 12.1 Å². The number of nitrogens with one attached hydrogen (secondary N) is 1. The van der Waals surface area contributed by atoms with Crippen LogP contribution in [0.2, 0.25) is 0 Å². The van der Waals surface area contributed by atoms with Crippen LogP contribution in [0.25, 0.3) is 5.65 Å². The van der Waals surface area contributed by atoms with Crippen molar-refractivity contribution in [1.82, 2.24) is 25.3 Å². The molecular formula is C18H19N7O3. The van der Waals surface area contributed by atoms with Gasteiger partial charge in [-0.2, -0.15) is 0 Å². The zero-order chi connectivity index (χ0) is 19.5.